The van der Waals surface area contributed by atoms with Crippen molar-refractivity contribution in [3.05, 3.63) is 0 Å². The molecule has 44 heavy (non-hydrogen) atoms. The van der Waals surface area contributed by atoms with Crippen LogP contribution in [0.25, 0.3) is 0 Å². The van der Waals surface area contributed by atoms with Gasteiger partial charge in [0.25, 0.3) is 0 Å². The van der Waals surface area contributed by atoms with E-state index in [2.05, 4.69) is 13.8 Å². The van der Waals surface area contributed by atoms with Gasteiger partial charge >= 0.3 is 18.1 Å². The highest BCUT2D eigenvalue weighted by atomic mass is 33.2. The van der Waals surface area contributed by atoms with Crippen LogP contribution in [-0.2, 0) is 18.1 Å². The van der Waals surface area contributed by atoms with E-state index < -0.39 is 18.1 Å². The smallest absolute Gasteiger partial charge is 0.194 e. The highest BCUT2D eigenvalue weighted by molar-refractivity contribution is 8.65. The van der Waals surface area contributed by atoms with E-state index in [1.54, 1.807) is 0 Å². The molecule has 0 N–H and O–H groups in total. The van der Waals surface area contributed by atoms with Gasteiger partial charge in [0, 0.05) is 27.2 Å². The van der Waals surface area contributed by atoms with Crippen LogP contribution < -0.4 is 0 Å². The number of nitrogens with zero attached hydrogens (tertiary/aromatic N) is 2. The van der Waals surface area contributed by atoms with Crippen LogP contribution in [0.3, 0.4) is 0 Å². The largest absolute Gasteiger partial charge is 0.333 e. The van der Waals surface area contributed by atoms with Gasteiger partial charge in [-0.2, -0.15) is 25.4 Å². The van der Waals surface area contributed by atoms with Gasteiger partial charge in [0.05, 0.1) is 0 Å². The lowest BCUT2D eigenvalue weighted by Gasteiger charge is -2.22. The maximum Gasteiger partial charge on any atom is 0.333 e. The number of hydrogen-bond acceptors (Lipinski definition) is 4. The molecule has 0 saturated carbocycles. The minimum atomic E-state index is -4.40. The van der Waals surface area contributed by atoms with Crippen molar-refractivity contribution in [2.45, 2.75) is 206 Å². The zero-order chi connectivity index (χ0) is 32.8. The van der Waals surface area contributed by atoms with E-state index in [4.69, 9.17) is 0 Å². The molecular formula is C36H76N2O4S2. The van der Waals surface area contributed by atoms with Crippen molar-refractivity contribution >= 4 is 18.1 Å². The van der Waals surface area contributed by atoms with Gasteiger partial charge in [-0.25, -0.2) is 0 Å². The summed E-state index contributed by atoms with van der Waals surface area (Å²) >= 11 is 0. The number of hydrogen-bond donors (Lipinski definition) is 0. The molecule has 0 fully saturated rings. The summed E-state index contributed by atoms with van der Waals surface area (Å²) in [4.78, 5) is 0. The summed E-state index contributed by atoms with van der Waals surface area (Å²) in [6.45, 7) is 5.04. The summed E-state index contributed by atoms with van der Waals surface area (Å²) in [5.74, 6) is 0. The van der Waals surface area contributed by atoms with Crippen LogP contribution in [0.15, 0.2) is 0 Å². The van der Waals surface area contributed by atoms with Crippen LogP contribution >= 0.6 is 0 Å². The zero-order valence-corrected chi connectivity index (χ0v) is 31.6. The molecule has 0 atom stereocenters. The van der Waals surface area contributed by atoms with Crippen LogP contribution in [-0.4, -0.2) is 52.6 Å². The van der Waals surface area contributed by atoms with E-state index in [0.717, 1.165) is 34.3 Å². The fourth-order valence-corrected chi connectivity index (χ4v) is 9.68. The Morgan fingerprint density at radius 2 is 0.455 bits per heavy atom. The molecule has 8 heteroatoms. The predicted molar refractivity (Wildman–Crippen MR) is 193 cm³/mol. The molecule has 0 spiro atoms. The van der Waals surface area contributed by atoms with Crippen LogP contribution in [0.5, 0.6) is 0 Å². The van der Waals surface area contributed by atoms with Crippen molar-refractivity contribution in [3.63, 3.8) is 0 Å². The molecule has 0 amide bonds. The highest BCUT2D eigenvalue weighted by Crippen LogP contribution is 2.18. The van der Waals surface area contributed by atoms with Gasteiger partial charge < -0.3 is 0 Å². The van der Waals surface area contributed by atoms with Crippen LogP contribution in [0.4, 0.5) is 0 Å². The second kappa shape index (κ2) is 30.2. The second-order valence-corrected chi connectivity index (χ2v) is 18.9. The third-order valence-corrected chi connectivity index (χ3v) is 14.7. The Morgan fingerprint density at radius 3 is 0.636 bits per heavy atom. The molecule has 266 valence electrons. The van der Waals surface area contributed by atoms with Crippen molar-refractivity contribution in [1.82, 2.24) is 8.61 Å². The minimum absolute atomic E-state index is 0.256. The summed E-state index contributed by atoms with van der Waals surface area (Å²) < 4.78 is 53.4. The Kier molecular flexibility index (Phi) is 30.0. The second-order valence-electron chi connectivity index (χ2n) is 13.5. The highest BCUT2D eigenvalue weighted by Gasteiger charge is 2.37. The van der Waals surface area contributed by atoms with E-state index in [-0.39, 0.29) is 13.1 Å². The summed E-state index contributed by atoms with van der Waals surface area (Å²) in [5.41, 5.74) is 0. The molecule has 0 bridgehead atoms. The predicted octanol–water partition coefficient (Wildman–Crippen LogP) is 11.2. The molecular weight excluding hydrogens is 589 g/mol. The molecule has 0 aromatic heterocycles. The van der Waals surface area contributed by atoms with Gasteiger partial charge in [-0.1, -0.05) is 194 Å². The van der Waals surface area contributed by atoms with Crippen molar-refractivity contribution in [2.75, 3.05) is 27.2 Å². The van der Waals surface area contributed by atoms with Gasteiger partial charge in [-0.05, 0) is 12.8 Å². The fraction of sp³-hybridized carbons (Fsp3) is 1.00. The number of rotatable bonds is 35. The molecule has 0 aromatic rings. The fourth-order valence-electron chi connectivity index (χ4n) is 5.96. The molecule has 0 heterocycles. The Labute approximate surface area is 276 Å². The van der Waals surface area contributed by atoms with Gasteiger partial charge in [0.2, 0.25) is 0 Å². The molecule has 6 nitrogen and oxygen atoms in total. The lowest BCUT2D eigenvalue weighted by Crippen LogP contribution is -2.42. The molecule has 0 aromatic carbocycles. The van der Waals surface area contributed by atoms with Crippen molar-refractivity contribution in [2.24, 2.45) is 0 Å². The Hall–Kier alpha value is -0.180. The third-order valence-electron chi connectivity index (χ3n) is 9.18. The minimum Gasteiger partial charge on any atom is -0.194 e. The molecule has 0 saturated heterocycles. The first-order chi connectivity index (χ1) is 21.2. The molecule has 0 rings (SSSR count). The first-order valence-electron chi connectivity index (χ1n) is 19.1. The third kappa shape index (κ3) is 23.2. The lowest BCUT2D eigenvalue weighted by molar-refractivity contribution is 0.434. The van der Waals surface area contributed by atoms with Crippen molar-refractivity contribution in [3.8, 4) is 0 Å². The average molecular weight is 665 g/mol. The summed E-state index contributed by atoms with van der Waals surface area (Å²) in [6.07, 6.45) is 37.4. The Bertz CT molecular complexity index is 818. The van der Waals surface area contributed by atoms with Gasteiger partial charge in [-0.15, -0.1) is 0 Å². The molecule has 0 radical (unpaired) electrons. The van der Waals surface area contributed by atoms with Gasteiger partial charge in [0.1, 0.15) is 0 Å². The Balaban J connectivity index is 3.82. The summed E-state index contributed by atoms with van der Waals surface area (Å²) in [6, 6.07) is 0. The quantitative estimate of drug-likeness (QED) is 0.0499. The average Bonchev–Trinajstić information content (AvgIpc) is 3.00. The van der Waals surface area contributed by atoms with Gasteiger partial charge in [0.15, 0.2) is 0 Å². The van der Waals surface area contributed by atoms with E-state index in [0.29, 0.717) is 12.8 Å². The molecule has 0 aliphatic heterocycles. The Morgan fingerprint density at radius 1 is 0.295 bits per heavy atom. The van der Waals surface area contributed by atoms with Crippen LogP contribution in [0.1, 0.15) is 206 Å². The molecule has 0 aliphatic carbocycles. The van der Waals surface area contributed by atoms with E-state index in [1.807, 2.05) is 0 Å². The SMILES string of the molecule is CCCCCCCCCCCCCCCCCCN(C)S(=O)(=O)S(=O)(=O)N(C)CCCCCCCCCCCCCCCC. The number of unbranched alkanes of at least 4 members (excludes halogenated alkanes) is 28. The van der Waals surface area contributed by atoms with E-state index in [9.17, 15) is 16.8 Å². The van der Waals surface area contributed by atoms with E-state index in [1.165, 1.54) is 168 Å². The first kappa shape index (κ1) is 43.8. The zero-order valence-electron chi connectivity index (χ0n) is 30.0. The summed E-state index contributed by atoms with van der Waals surface area (Å²) in [7, 11) is -5.99. The monoisotopic (exact) mass is 665 g/mol. The van der Waals surface area contributed by atoms with Crippen molar-refractivity contribution < 1.29 is 16.8 Å². The topological polar surface area (TPSA) is 74.8 Å². The standard InChI is InChI=1S/C36H76N2O4S2/c1-5-7-9-11-13-15-17-19-21-22-24-26-28-30-32-34-36-38(4)44(41,42)43(39,40)37(3)35-33-31-29-27-25-23-20-18-16-14-12-10-8-6-2/h5-36H2,1-4H3. The lowest BCUT2D eigenvalue weighted by atomic mass is 10.0. The molecule has 0 unspecified atom stereocenters. The van der Waals surface area contributed by atoms with Crippen molar-refractivity contribution in [1.29, 1.82) is 0 Å². The van der Waals surface area contributed by atoms with Crippen LogP contribution in [0.2, 0.25) is 0 Å². The van der Waals surface area contributed by atoms with Crippen LogP contribution in [0, 0.1) is 0 Å². The first-order valence-corrected chi connectivity index (χ1v) is 22.5. The molecule has 0 aliphatic rings. The maximum absolute atomic E-state index is 12.8. The normalized spacial score (nSPS) is 12.6. The summed E-state index contributed by atoms with van der Waals surface area (Å²) in [5, 5.41) is 0. The maximum atomic E-state index is 12.8. The van der Waals surface area contributed by atoms with E-state index >= 15 is 0 Å². The van der Waals surface area contributed by atoms with Gasteiger partial charge in [-0.3, -0.25) is 0 Å².